The third-order valence-electron chi connectivity index (χ3n) is 3.42. The zero-order chi connectivity index (χ0) is 17.4. The number of rotatable bonds is 9. The monoisotopic (exact) mass is 332 g/mol. The lowest BCUT2D eigenvalue weighted by atomic mass is 10.1. The molecule has 1 aliphatic heterocycles. The predicted molar refractivity (Wildman–Crippen MR) is 88.4 cm³/mol. The molecule has 8 nitrogen and oxygen atoms in total. The Balaban J connectivity index is 1.64. The van der Waals surface area contributed by atoms with Gasteiger partial charge in [-0.25, -0.2) is 14.6 Å². The summed E-state index contributed by atoms with van der Waals surface area (Å²) in [4.78, 5) is 29.9. The van der Waals surface area contributed by atoms with E-state index in [1.54, 1.807) is 12.1 Å². The zero-order valence-electron chi connectivity index (χ0n) is 13.1. The lowest BCUT2D eigenvalue weighted by molar-refractivity contribution is -0.129. The molecule has 128 valence electrons. The molecule has 1 aromatic heterocycles. The van der Waals surface area contributed by atoms with Crippen LogP contribution in [0.5, 0.6) is 0 Å². The fourth-order valence-electron chi connectivity index (χ4n) is 2.24. The van der Waals surface area contributed by atoms with Crippen LogP contribution in [0.1, 0.15) is 22.6 Å². The second-order valence-corrected chi connectivity index (χ2v) is 5.31. The summed E-state index contributed by atoms with van der Waals surface area (Å²) in [6.07, 6.45) is 4.07. The number of aliphatic imine (C=N–C) groups is 1. The fourth-order valence-corrected chi connectivity index (χ4v) is 2.24. The van der Waals surface area contributed by atoms with E-state index in [1.807, 2.05) is 6.08 Å². The number of carbonyl (C=O) groups is 2. The number of pyridine rings is 1. The third kappa shape index (κ3) is 5.56. The lowest BCUT2D eigenvalue weighted by Gasteiger charge is -2.15. The average molecular weight is 332 g/mol. The molecule has 0 amide bonds. The van der Waals surface area contributed by atoms with Crippen LogP contribution in [0.4, 0.5) is 0 Å². The predicted octanol–water partition coefficient (Wildman–Crippen LogP) is 0.313. The van der Waals surface area contributed by atoms with E-state index in [9.17, 15) is 9.59 Å². The first-order valence-electron chi connectivity index (χ1n) is 7.64. The van der Waals surface area contributed by atoms with Gasteiger partial charge >= 0.3 is 11.9 Å². The molecule has 0 saturated heterocycles. The van der Waals surface area contributed by atoms with Crippen LogP contribution in [-0.4, -0.2) is 58.5 Å². The molecule has 0 fully saturated rings. The summed E-state index contributed by atoms with van der Waals surface area (Å²) in [5.74, 6) is -2.05. The number of aromatic nitrogens is 1. The Morgan fingerprint density at radius 2 is 1.96 bits per heavy atom. The minimum atomic E-state index is -1.04. The van der Waals surface area contributed by atoms with Crippen molar-refractivity contribution in [1.82, 2.24) is 15.6 Å². The van der Waals surface area contributed by atoms with E-state index in [-0.39, 0.29) is 17.4 Å². The van der Waals surface area contributed by atoms with Gasteiger partial charge in [-0.15, -0.1) is 0 Å². The topological polar surface area (TPSA) is 124 Å². The van der Waals surface area contributed by atoms with Crippen molar-refractivity contribution >= 4 is 17.7 Å². The summed E-state index contributed by atoms with van der Waals surface area (Å²) < 4.78 is 0. The van der Waals surface area contributed by atoms with Gasteiger partial charge < -0.3 is 20.8 Å². The highest BCUT2D eigenvalue weighted by Gasteiger charge is 2.14. The van der Waals surface area contributed by atoms with Crippen molar-refractivity contribution in [2.45, 2.75) is 19.0 Å². The van der Waals surface area contributed by atoms with Crippen molar-refractivity contribution in [2.75, 3.05) is 19.6 Å². The van der Waals surface area contributed by atoms with E-state index in [0.29, 0.717) is 31.9 Å². The van der Waals surface area contributed by atoms with Gasteiger partial charge in [0.15, 0.2) is 0 Å². The van der Waals surface area contributed by atoms with Crippen LogP contribution in [0.25, 0.3) is 0 Å². The van der Waals surface area contributed by atoms with Crippen molar-refractivity contribution in [3.05, 3.63) is 41.7 Å². The number of dihydropyridines is 1. The van der Waals surface area contributed by atoms with Crippen LogP contribution < -0.4 is 10.6 Å². The van der Waals surface area contributed by atoms with Crippen LogP contribution in [0.3, 0.4) is 0 Å². The first-order valence-corrected chi connectivity index (χ1v) is 7.64. The van der Waals surface area contributed by atoms with E-state index in [2.05, 4.69) is 20.6 Å². The smallest absolute Gasteiger partial charge is 0.354 e. The van der Waals surface area contributed by atoms with Gasteiger partial charge in [-0.2, -0.15) is 0 Å². The van der Waals surface area contributed by atoms with Crippen LogP contribution in [0, 0.1) is 0 Å². The van der Waals surface area contributed by atoms with Crippen LogP contribution >= 0.6 is 0 Å². The summed E-state index contributed by atoms with van der Waals surface area (Å²) in [6, 6.07) is 4.83. The Morgan fingerprint density at radius 3 is 2.71 bits per heavy atom. The number of nitrogens with one attached hydrogen (secondary N) is 2. The van der Waals surface area contributed by atoms with Crippen molar-refractivity contribution in [3.8, 4) is 0 Å². The van der Waals surface area contributed by atoms with Crippen molar-refractivity contribution < 1.29 is 19.8 Å². The van der Waals surface area contributed by atoms with Crippen molar-refractivity contribution in [1.29, 1.82) is 0 Å². The highest BCUT2D eigenvalue weighted by molar-refractivity contribution is 6.40. The zero-order valence-corrected chi connectivity index (χ0v) is 13.1. The standard InChI is InChI=1S/C16H20N4O4/c21-15(22)13-5-1-3-11(19-13)9-17-7-8-18-10-12-4-2-6-14(20-12)16(23)24/h1-3,5-6,12,17-18H,4,7-10H2,(H,21,22)(H,23,24). The molecule has 0 spiro atoms. The molecule has 4 N–H and O–H groups in total. The molecule has 1 atom stereocenters. The quantitative estimate of drug-likeness (QED) is 0.480. The molecule has 2 rings (SSSR count). The van der Waals surface area contributed by atoms with Gasteiger partial charge in [0, 0.05) is 26.2 Å². The molecule has 0 radical (unpaired) electrons. The van der Waals surface area contributed by atoms with Gasteiger partial charge in [-0.3, -0.25) is 4.99 Å². The molecule has 2 heterocycles. The van der Waals surface area contributed by atoms with E-state index >= 15 is 0 Å². The maximum absolute atomic E-state index is 10.9. The van der Waals surface area contributed by atoms with Crippen LogP contribution in [0.2, 0.25) is 0 Å². The molecule has 1 aliphatic rings. The molecular formula is C16H20N4O4. The molecule has 0 bridgehead atoms. The van der Waals surface area contributed by atoms with Gasteiger partial charge in [0.2, 0.25) is 0 Å². The number of nitrogens with zero attached hydrogens (tertiary/aromatic N) is 2. The number of aromatic carboxylic acids is 1. The number of aliphatic carboxylic acids is 1. The van der Waals surface area contributed by atoms with E-state index in [0.717, 1.165) is 6.42 Å². The van der Waals surface area contributed by atoms with Gasteiger partial charge in [0.1, 0.15) is 11.4 Å². The van der Waals surface area contributed by atoms with Crippen LogP contribution in [0.15, 0.2) is 35.3 Å². The second kappa shape index (κ2) is 8.90. The summed E-state index contributed by atoms with van der Waals surface area (Å²) in [6.45, 7) is 2.46. The molecule has 1 unspecified atom stereocenters. The second-order valence-electron chi connectivity index (χ2n) is 5.31. The first kappa shape index (κ1) is 17.8. The Kier molecular flexibility index (Phi) is 6.59. The summed E-state index contributed by atoms with van der Waals surface area (Å²) >= 11 is 0. The van der Waals surface area contributed by atoms with Gasteiger partial charge in [0.05, 0.1) is 11.7 Å². The van der Waals surface area contributed by atoms with Gasteiger partial charge in [-0.1, -0.05) is 12.1 Å². The number of hydrogen-bond acceptors (Lipinski definition) is 6. The van der Waals surface area contributed by atoms with Crippen molar-refractivity contribution in [3.63, 3.8) is 0 Å². The third-order valence-corrected chi connectivity index (χ3v) is 3.42. The SMILES string of the molecule is O=C(O)C1=NC(CNCCNCc2cccc(C(=O)O)n2)CC=C1. The largest absolute Gasteiger partial charge is 0.477 e. The Morgan fingerprint density at radius 1 is 1.17 bits per heavy atom. The Hall–Kier alpha value is -2.58. The van der Waals surface area contributed by atoms with E-state index in [1.165, 1.54) is 12.1 Å². The lowest BCUT2D eigenvalue weighted by Crippen LogP contribution is -2.33. The number of carboxylic acids is 2. The molecule has 1 aromatic rings. The normalized spacial score (nSPS) is 16.7. The minimum absolute atomic E-state index is 0.0323. The number of hydrogen-bond donors (Lipinski definition) is 4. The molecular weight excluding hydrogens is 312 g/mol. The average Bonchev–Trinajstić information content (AvgIpc) is 2.58. The molecule has 24 heavy (non-hydrogen) atoms. The van der Waals surface area contributed by atoms with Crippen LogP contribution in [-0.2, 0) is 11.3 Å². The fraction of sp³-hybridized carbons (Fsp3) is 0.375. The van der Waals surface area contributed by atoms with Crippen molar-refractivity contribution in [2.24, 2.45) is 4.99 Å². The van der Waals surface area contributed by atoms with Gasteiger partial charge in [-0.05, 0) is 24.6 Å². The highest BCUT2D eigenvalue weighted by Crippen LogP contribution is 2.06. The molecule has 0 saturated carbocycles. The highest BCUT2D eigenvalue weighted by atomic mass is 16.4. The summed E-state index contributed by atoms with van der Waals surface area (Å²) in [5, 5.41) is 24.2. The summed E-state index contributed by atoms with van der Waals surface area (Å²) in [5.41, 5.74) is 0.795. The Bertz CT molecular complexity index is 657. The first-order chi connectivity index (χ1) is 11.6. The Labute approximate surface area is 139 Å². The van der Waals surface area contributed by atoms with Gasteiger partial charge in [0.25, 0.3) is 0 Å². The maximum atomic E-state index is 10.9. The summed E-state index contributed by atoms with van der Waals surface area (Å²) in [7, 11) is 0. The molecule has 0 aliphatic carbocycles. The molecule has 8 heteroatoms. The maximum Gasteiger partial charge on any atom is 0.354 e. The number of carboxylic acid groups (broad SMARTS) is 2. The van der Waals surface area contributed by atoms with E-state index < -0.39 is 11.9 Å². The molecule has 0 aromatic carbocycles. The van der Waals surface area contributed by atoms with E-state index in [4.69, 9.17) is 10.2 Å². The minimum Gasteiger partial charge on any atom is -0.477 e.